The summed E-state index contributed by atoms with van der Waals surface area (Å²) in [6, 6.07) is 0. The molecular formula is C14H15N2O3P. The van der Waals surface area contributed by atoms with Crippen molar-refractivity contribution in [2.75, 3.05) is 0 Å². The number of hydrogen-bond donors (Lipinski definition) is 2. The van der Waals surface area contributed by atoms with Crippen molar-refractivity contribution in [3.8, 4) is 11.5 Å². The van der Waals surface area contributed by atoms with Gasteiger partial charge in [0, 0.05) is 5.69 Å². The minimum absolute atomic E-state index is 0.199. The van der Waals surface area contributed by atoms with Gasteiger partial charge in [-0.1, -0.05) is 32.1 Å². The van der Waals surface area contributed by atoms with Crippen LogP contribution < -0.4 is 21.8 Å². The Balaban J connectivity index is 1.51. The van der Waals surface area contributed by atoms with Crippen LogP contribution in [0.25, 0.3) is 11.5 Å². The van der Waals surface area contributed by atoms with Crippen molar-refractivity contribution < 1.29 is 8.98 Å². The van der Waals surface area contributed by atoms with E-state index in [2.05, 4.69) is 9.97 Å². The maximum absolute atomic E-state index is 12.1. The molecule has 1 fully saturated rings. The van der Waals surface area contributed by atoms with Gasteiger partial charge in [-0.2, -0.15) is 0 Å². The molecule has 1 saturated carbocycles. The second-order valence-corrected chi connectivity index (χ2v) is 8.70. The molecule has 6 heteroatoms. The highest BCUT2D eigenvalue weighted by molar-refractivity contribution is 8.06. The number of fused-ring (bicyclic) bond motifs is 1. The Morgan fingerprint density at radius 1 is 1.15 bits per heavy atom. The smallest absolute Gasteiger partial charge is 0.323 e. The highest BCUT2D eigenvalue weighted by atomic mass is 31.2. The fourth-order valence-corrected chi connectivity index (χ4v) is 6.20. The maximum atomic E-state index is 12.1. The summed E-state index contributed by atoms with van der Waals surface area (Å²) in [6.45, 7) is 0. The maximum Gasteiger partial charge on any atom is 0.323 e. The molecule has 2 aromatic heterocycles. The van der Waals surface area contributed by atoms with Crippen LogP contribution in [0.5, 0.6) is 0 Å². The van der Waals surface area contributed by atoms with Crippen molar-refractivity contribution in [1.29, 1.82) is 0 Å². The lowest BCUT2D eigenvalue weighted by atomic mass is 9.86. The molecule has 5 nitrogen and oxygen atoms in total. The fourth-order valence-electron chi connectivity index (χ4n) is 3.72. The third-order valence-electron chi connectivity index (χ3n) is 4.91. The highest BCUT2D eigenvalue weighted by Gasteiger charge is 2.74. The molecule has 2 aromatic rings. The first-order valence-corrected chi connectivity index (χ1v) is 9.00. The molecule has 104 valence electrons. The first kappa shape index (κ1) is 11.2. The van der Waals surface area contributed by atoms with Crippen LogP contribution >= 0.6 is 7.14 Å². The molecule has 1 unspecified atom stereocenters. The zero-order chi connectivity index (χ0) is 13.5. The molecule has 2 bridgehead atoms. The van der Waals surface area contributed by atoms with Crippen LogP contribution in [0.4, 0.5) is 0 Å². The molecule has 1 aliphatic carbocycles. The van der Waals surface area contributed by atoms with Crippen LogP contribution in [-0.4, -0.2) is 9.97 Å². The van der Waals surface area contributed by atoms with Crippen molar-refractivity contribution in [1.82, 2.24) is 9.97 Å². The van der Waals surface area contributed by atoms with Crippen molar-refractivity contribution in [3.63, 3.8) is 0 Å². The third-order valence-corrected chi connectivity index (χ3v) is 7.46. The number of aromatic nitrogens is 2. The Morgan fingerprint density at radius 3 is 2.55 bits per heavy atom. The topological polar surface area (TPSA) is 78.9 Å². The molecule has 0 aromatic carbocycles. The first-order chi connectivity index (χ1) is 9.69. The Morgan fingerprint density at radius 2 is 1.90 bits per heavy atom. The van der Waals surface area contributed by atoms with Gasteiger partial charge in [-0.15, -0.1) is 0 Å². The van der Waals surface area contributed by atoms with Crippen LogP contribution in [0, 0.1) is 5.92 Å². The van der Waals surface area contributed by atoms with Crippen LogP contribution in [0.1, 0.15) is 37.8 Å². The highest BCUT2D eigenvalue weighted by Crippen LogP contribution is 2.70. The molecule has 20 heavy (non-hydrogen) atoms. The van der Waals surface area contributed by atoms with E-state index < -0.39 is 7.14 Å². The van der Waals surface area contributed by atoms with Gasteiger partial charge in [-0.05, 0) is 12.3 Å². The fraction of sp³-hybridized carbons (Fsp3) is 0.500. The van der Waals surface area contributed by atoms with Crippen molar-refractivity contribution in [2.24, 2.45) is 5.92 Å². The third kappa shape index (κ3) is 1.25. The molecule has 6 rings (SSSR count). The summed E-state index contributed by atoms with van der Waals surface area (Å²) in [6.07, 6.45) is 7.22. The first-order valence-electron chi connectivity index (χ1n) is 7.29. The lowest BCUT2D eigenvalue weighted by Crippen LogP contribution is -2.11. The van der Waals surface area contributed by atoms with Gasteiger partial charge in [0.05, 0.1) is 10.6 Å². The normalized spacial score (nSPS) is 26.6. The van der Waals surface area contributed by atoms with E-state index in [-0.39, 0.29) is 5.69 Å². The Labute approximate surface area is 115 Å². The minimum Gasteiger partial charge on any atom is -0.449 e. The average Bonchev–Trinajstić information content (AvgIpc) is 2.99. The molecule has 1 atom stereocenters. The molecule has 0 amide bonds. The summed E-state index contributed by atoms with van der Waals surface area (Å²) in [4.78, 5) is 17.4. The van der Waals surface area contributed by atoms with Crippen molar-refractivity contribution in [3.05, 3.63) is 16.2 Å². The molecule has 3 aliphatic heterocycles. The number of H-pyrrole nitrogens is 2. The Kier molecular flexibility index (Phi) is 1.90. The van der Waals surface area contributed by atoms with Crippen molar-refractivity contribution >= 4 is 23.3 Å². The van der Waals surface area contributed by atoms with Crippen LogP contribution in [-0.2, 0) is 11.0 Å². The molecule has 0 spiro atoms. The van der Waals surface area contributed by atoms with Gasteiger partial charge in [-0.3, -0.25) is 0 Å². The lowest BCUT2D eigenvalue weighted by molar-refractivity contribution is 0.354. The summed E-state index contributed by atoms with van der Waals surface area (Å²) in [5.74, 6) is 1.29. The number of furan rings is 1. The standard InChI is InChI=1S/C14H15N2O3P/c17-14-15-8(6-7-4-2-1-3-5-7)9(16-14)10-11-12-13(19-10)20(11,12)18/h7H,1-6H2,(H2,15,16,17). The van der Waals surface area contributed by atoms with Gasteiger partial charge in [0.1, 0.15) is 5.69 Å². The van der Waals surface area contributed by atoms with E-state index in [0.29, 0.717) is 17.2 Å². The van der Waals surface area contributed by atoms with E-state index in [1.165, 1.54) is 32.1 Å². The van der Waals surface area contributed by atoms with Gasteiger partial charge in [0.25, 0.3) is 0 Å². The molecule has 4 aliphatic rings. The zero-order valence-electron chi connectivity index (χ0n) is 11.0. The van der Waals surface area contributed by atoms with Gasteiger partial charge >= 0.3 is 5.69 Å². The number of aromatic amines is 2. The molecule has 0 saturated heterocycles. The molecule has 5 heterocycles. The molecular weight excluding hydrogens is 275 g/mol. The second kappa shape index (κ2) is 3.40. The predicted molar refractivity (Wildman–Crippen MR) is 75.9 cm³/mol. The van der Waals surface area contributed by atoms with E-state index in [1.807, 2.05) is 0 Å². The summed E-state index contributed by atoms with van der Waals surface area (Å²) >= 11 is 0. The second-order valence-electron chi connectivity index (χ2n) is 6.18. The number of nitrogens with one attached hydrogen (secondary N) is 2. The zero-order valence-corrected chi connectivity index (χ0v) is 11.9. The molecule has 2 N–H and O–H groups in total. The van der Waals surface area contributed by atoms with Crippen LogP contribution in [0.2, 0.25) is 0 Å². The summed E-state index contributed by atoms with van der Waals surface area (Å²) in [5.41, 5.74) is 2.15. The minimum atomic E-state index is -2.21. The van der Waals surface area contributed by atoms with Gasteiger partial charge < -0.3 is 19.0 Å². The van der Waals surface area contributed by atoms with Crippen LogP contribution in [0.3, 0.4) is 0 Å². The number of rotatable bonds is 3. The number of imidazole rings is 1. The van der Waals surface area contributed by atoms with E-state index in [4.69, 9.17) is 4.42 Å². The summed E-state index contributed by atoms with van der Waals surface area (Å²) < 4.78 is 17.7. The van der Waals surface area contributed by atoms with Gasteiger partial charge in [0.2, 0.25) is 7.14 Å². The van der Waals surface area contributed by atoms with Gasteiger partial charge in [0.15, 0.2) is 11.3 Å². The average molecular weight is 290 g/mol. The molecule has 0 radical (unpaired) electrons. The monoisotopic (exact) mass is 290 g/mol. The SMILES string of the molecule is O=c1[nH]c(CC2CCCCC2)c(-c2oc3c4c2P34=O)[nH]1. The van der Waals surface area contributed by atoms with E-state index >= 15 is 0 Å². The van der Waals surface area contributed by atoms with E-state index in [1.54, 1.807) is 0 Å². The van der Waals surface area contributed by atoms with E-state index in [0.717, 1.165) is 28.4 Å². The Bertz CT molecular complexity index is 826. The lowest BCUT2D eigenvalue weighted by Gasteiger charge is -2.20. The largest absolute Gasteiger partial charge is 0.449 e. The quantitative estimate of drug-likeness (QED) is 0.559. The predicted octanol–water partition coefficient (Wildman–Crippen LogP) is 1.35. The van der Waals surface area contributed by atoms with Crippen LogP contribution in [0.15, 0.2) is 9.21 Å². The number of hydrogen-bond acceptors (Lipinski definition) is 3. The summed E-state index contributed by atoms with van der Waals surface area (Å²) in [5, 5.41) is 1.82. The summed E-state index contributed by atoms with van der Waals surface area (Å²) in [7, 11) is -2.21. The van der Waals surface area contributed by atoms with E-state index in [9.17, 15) is 9.36 Å². The van der Waals surface area contributed by atoms with Crippen molar-refractivity contribution in [2.45, 2.75) is 38.5 Å². The Hall–Kier alpha value is -1.48. The van der Waals surface area contributed by atoms with Gasteiger partial charge in [-0.25, -0.2) is 4.79 Å².